The van der Waals surface area contributed by atoms with Gasteiger partial charge in [-0.15, -0.1) is 0 Å². The Kier molecular flexibility index (Phi) is 19.7. The molecule has 0 spiro atoms. The topological polar surface area (TPSA) is 27.1 Å². The number of ether oxygens (including phenoxy) is 1. The van der Waals surface area contributed by atoms with Gasteiger partial charge in [-0.05, 0) is 65.1 Å². The van der Waals surface area contributed by atoms with Crippen molar-refractivity contribution in [1.82, 2.24) is 9.55 Å². The monoisotopic (exact) mass is 829 g/mol. The average Bonchev–Trinajstić information content (AvgIpc) is 3.66. The summed E-state index contributed by atoms with van der Waals surface area (Å²) in [5.74, 6) is 3.03. The maximum absolute atomic E-state index is 7.19. The summed E-state index contributed by atoms with van der Waals surface area (Å²) >= 11 is 0. The zero-order valence-corrected chi connectivity index (χ0v) is 39.4. The quantitative estimate of drug-likeness (QED) is 0.0257. The number of imidazole rings is 1. The Labute approximate surface area is 379 Å². The van der Waals surface area contributed by atoms with E-state index in [1.165, 1.54) is 170 Å². The first-order valence-electron chi connectivity index (χ1n) is 25.5. The largest absolute Gasteiger partial charge is 0.493 e. The molecule has 1 heterocycles. The highest BCUT2D eigenvalue weighted by atomic mass is 16.5. The molecule has 3 nitrogen and oxygen atoms in total. The van der Waals surface area contributed by atoms with Crippen molar-refractivity contribution in [2.75, 3.05) is 6.61 Å². The smallest absolute Gasteiger partial charge is 0.145 e. The molecular weight excluding hydrogens is 750 g/mol. The van der Waals surface area contributed by atoms with Gasteiger partial charge >= 0.3 is 0 Å². The van der Waals surface area contributed by atoms with E-state index in [-0.39, 0.29) is 0 Å². The van der Waals surface area contributed by atoms with E-state index in [0.717, 1.165) is 68.4 Å². The second-order valence-corrected chi connectivity index (χ2v) is 18.9. The number of fused-ring (bicyclic) bond motifs is 7. The van der Waals surface area contributed by atoms with Gasteiger partial charge in [0.05, 0.1) is 23.2 Å². The van der Waals surface area contributed by atoms with Crippen LogP contribution in [0.15, 0.2) is 72.8 Å². The van der Waals surface area contributed by atoms with E-state index in [1.54, 1.807) is 0 Å². The Morgan fingerprint density at radius 1 is 0.500 bits per heavy atom. The fourth-order valence-corrected chi connectivity index (χ4v) is 10.1. The van der Waals surface area contributed by atoms with Gasteiger partial charge in [0.25, 0.3) is 0 Å². The summed E-state index contributed by atoms with van der Waals surface area (Å²) in [6.07, 6.45) is 31.1. The molecule has 2 unspecified atom stereocenters. The summed E-state index contributed by atoms with van der Waals surface area (Å²) in [4.78, 5) is 5.80. The summed E-state index contributed by atoms with van der Waals surface area (Å²) in [6.45, 7) is 10.9. The first-order valence-corrected chi connectivity index (χ1v) is 25.5. The number of aromatic nitrogens is 2. The van der Waals surface area contributed by atoms with Gasteiger partial charge in [0.15, 0.2) is 0 Å². The van der Waals surface area contributed by atoms with Crippen molar-refractivity contribution < 1.29 is 4.74 Å². The Morgan fingerprint density at radius 2 is 1.00 bits per heavy atom. The van der Waals surface area contributed by atoms with E-state index < -0.39 is 0 Å². The fraction of sp³-hybridized carbons (Fsp3) is 0.561. The van der Waals surface area contributed by atoms with E-state index in [0.29, 0.717) is 11.8 Å². The third-order valence-corrected chi connectivity index (χ3v) is 13.7. The molecule has 62 heavy (non-hydrogen) atoms. The first kappa shape index (κ1) is 47.8. The van der Waals surface area contributed by atoms with Crippen LogP contribution in [0, 0.1) is 11.8 Å². The van der Waals surface area contributed by atoms with Crippen LogP contribution in [0.5, 0.6) is 5.75 Å². The van der Waals surface area contributed by atoms with Crippen molar-refractivity contribution in [1.29, 1.82) is 0 Å². The van der Waals surface area contributed by atoms with Gasteiger partial charge in [-0.3, -0.25) is 0 Å². The van der Waals surface area contributed by atoms with Crippen LogP contribution < -0.4 is 15.7 Å². The van der Waals surface area contributed by atoms with Crippen LogP contribution in [0.25, 0.3) is 54.7 Å². The SMILES string of the molecule is [B]c1ccc2c3ccc([B])cc3c3c(nc(-c4c(OCC(CCCCCC)CCCCCCCC)ccc5ccccc45)n3CC(CCCCCC)CCCCCCCC)c2c1. The summed E-state index contributed by atoms with van der Waals surface area (Å²) < 4.78 is 9.80. The standard InChI is InChI=1S/C57H78B2N2O/c1-5-9-13-17-19-23-28-43(27-21-15-11-7-3)41-61-56-52-40-47(59)35-37-50(52)49-36-34-46(58)39-51(49)55(56)60-57(61)54-48-32-26-25-31-45(48)33-38-53(54)62-42-44(29-22-16-12-8-4)30-24-20-18-14-10-6-2/h25-26,31-40,43-44H,5-24,27-30,41-42H2,1-4H3. The Bertz CT molecular complexity index is 2260. The molecule has 0 N–H and O–H groups in total. The lowest BCUT2D eigenvalue weighted by atomic mass is 9.88. The molecule has 0 amide bonds. The predicted octanol–water partition coefficient (Wildman–Crippen LogP) is 15.8. The molecule has 6 rings (SSSR count). The molecule has 0 saturated carbocycles. The third-order valence-electron chi connectivity index (χ3n) is 13.7. The van der Waals surface area contributed by atoms with Crippen LogP contribution >= 0.6 is 0 Å². The number of unbranched alkanes of at least 4 members (excludes halogenated alkanes) is 16. The lowest BCUT2D eigenvalue weighted by Gasteiger charge is -2.23. The molecular formula is C57H78B2N2O. The number of hydrogen-bond acceptors (Lipinski definition) is 2. The van der Waals surface area contributed by atoms with E-state index in [4.69, 9.17) is 25.4 Å². The molecule has 328 valence electrons. The average molecular weight is 829 g/mol. The minimum Gasteiger partial charge on any atom is -0.493 e. The Balaban J connectivity index is 1.48. The van der Waals surface area contributed by atoms with Crippen molar-refractivity contribution in [2.24, 2.45) is 11.8 Å². The van der Waals surface area contributed by atoms with Crippen molar-refractivity contribution >= 4 is 70.0 Å². The minimum atomic E-state index is 0.533. The summed E-state index contributed by atoms with van der Waals surface area (Å²) in [6, 6.07) is 26.1. The van der Waals surface area contributed by atoms with Crippen molar-refractivity contribution in [3.63, 3.8) is 0 Å². The van der Waals surface area contributed by atoms with Crippen LogP contribution in [0.3, 0.4) is 0 Å². The molecule has 0 fully saturated rings. The molecule has 0 saturated heterocycles. The molecule has 6 aromatic rings. The molecule has 0 aliphatic heterocycles. The summed E-state index contributed by atoms with van der Waals surface area (Å²) in [5, 5.41) is 7.02. The number of nitrogens with zero attached hydrogens (tertiary/aromatic N) is 2. The van der Waals surface area contributed by atoms with Gasteiger partial charge < -0.3 is 9.30 Å². The zero-order chi connectivity index (χ0) is 43.5. The maximum Gasteiger partial charge on any atom is 0.145 e. The van der Waals surface area contributed by atoms with Crippen LogP contribution in [-0.4, -0.2) is 31.9 Å². The molecule has 0 aliphatic carbocycles. The van der Waals surface area contributed by atoms with Crippen molar-refractivity contribution in [2.45, 2.75) is 188 Å². The van der Waals surface area contributed by atoms with Gasteiger partial charge in [-0.2, -0.15) is 0 Å². The first-order chi connectivity index (χ1) is 30.5. The summed E-state index contributed by atoms with van der Waals surface area (Å²) in [7, 11) is 13.3. The van der Waals surface area contributed by atoms with Crippen LogP contribution in [0.2, 0.25) is 0 Å². The highest BCUT2D eigenvalue weighted by molar-refractivity contribution is 6.37. The lowest BCUT2D eigenvalue weighted by Crippen LogP contribution is -2.15. The van der Waals surface area contributed by atoms with Crippen LogP contribution in [0.4, 0.5) is 0 Å². The molecule has 2 atom stereocenters. The molecule has 4 radical (unpaired) electrons. The van der Waals surface area contributed by atoms with Gasteiger partial charge in [0.1, 0.15) is 27.3 Å². The summed E-state index contributed by atoms with van der Waals surface area (Å²) in [5.41, 5.74) is 4.81. The molecule has 5 heteroatoms. The van der Waals surface area contributed by atoms with Crippen LogP contribution in [-0.2, 0) is 6.54 Å². The van der Waals surface area contributed by atoms with Crippen molar-refractivity contribution in [3.05, 3.63) is 72.8 Å². The molecule has 5 aromatic carbocycles. The van der Waals surface area contributed by atoms with E-state index in [1.807, 2.05) is 12.1 Å². The Morgan fingerprint density at radius 3 is 1.60 bits per heavy atom. The van der Waals surface area contributed by atoms with Gasteiger partial charge in [0.2, 0.25) is 0 Å². The van der Waals surface area contributed by atoms with Gasteiger partial charge in [-0.1, -0.05) is 234 Å². The van der Waals surface area contributed by atoms with Gasteiger partial charge in [0, 0.05) is 17.3 Å². The third kappa shape index (κ3) is 12.9. The highest BCUT2D eigenvalue weighted by Gasteiger charge is 2.25. The molecule has 0 bridgehead atoms. The number of benzene rings is 5. The fourth-order valence-electron chi connectivity index (χ4n) is 10.1. The second kappa shape index (κ2) is 25.5. The Hall–Kier alpha value is -3.72. The van der Waals surface area contributed by atoms with Gasteiger partial charge in [-0.25, -0.2) is 4.98 Å². The molecule has 1 aromatic heterocycles. The highest BCUT2D eigenvalue weighted by Crippen LogP contribution is 2.43. The minimum absolute atomic E-state index is 0.533. The normalized spacial score (nSPS) is 12.9. The van der Waals surface area contributed by atoms with Crippen LogP contribution in [0.1, 0.15) is 182 Å². The lowest BCUT2D eigenvalue weighted by molar-refractivity contribution is 0.225. The van der Waals surface area contributed by atoms with E-state index in [2.05, 4.69) is 92.9 Å². The second-order valence-electron chi connectivity index (χ2n) is 18.9. The number of hydrogen-bond donors (Lipinski definition) is 0. The predicted molar refractivity (Wildman–Crippen MR) is 274 cm³/mol. The zero-order valence-electron chi connectivity index (χ0n) is 39.4. The maximum atomic E-state index is 7.19. The molecule has 0 aliphatic rings. The van der Waals surface area contributed by atoms with E-state index >= 15 is 0 Å². The van der Waals surface area contributed by atoms with E-state index in [9.17, 15) is 0 Å². The number of rotatable bonds is 30. The van der Waals surface area contributed by atoms with Crippen molar-refractivity contribution in [3.8, 4) is 17.1 Å².